The third kappa shape index (κ3) is 4.35. The Hall–Kier alpha value is -2.41. The molecule has 2 aliphatic rings. The van der Waals surface area contributed by atoms with Gasteiger partial charge in [0.15, 0.2) is 0 Å². The molecular formula is C21H28N4O3. The minimum atomic E-state index is -0.919. The molecule has 1 saturated heterocycles. The normalized spacial score (nSPS) is 17.7. The molecule has 28 heavy (non-hydrogen) atoms. The fraction of sp³-hybridized carbons (Fsp3) is 0.571. The Morgan fingerprint density at radius 1 is 1.21 bits per heavy atom. The molecule has 7 heteroatoms. The molecule has 1 saturated carbocycles. The predicted octanol–water partition coefficient (Wildman–Crippen LogP) is 2.51. The van der Waals surface area contributed by atoms with E-state index in [0.29, 0.717) is 11.6 Å². The fourth-order valence-electron chi connectivity index (χ4n) is 4.10. The Kier molecular flexibility index (Phi) is 5.62. The molecule has 7 nitrogen and oxygen atoms in total. The Labute approximate surface area is 164 Å². The van der Waals surface area contributed by atoms with E-state index in [9.17, 15) is 9.59 Å². The number of aliphatic carboxylic acids is 1. The van der Waals surface area contributed by atoms with Crippen molar-refractivity contribution in [2.75, 3.05) is 19.6 Å². The lowest BCUT2D eigenvalue weighted by atomic mass is 9.93. The smallest absolute Gasteiger partial charge is 0.305 e. The summed E-state index contributed by atoms with van der Waals surface area (Å²) in [5.41, 5.74) is 2.49. The zero-order valence-electron chi connectivity index (χ0n) is 16.1. The van der Waals surface area contributed by atoms with Gasteiger partial charge in [-0.1, -0.05) is 0 Å². The number of carbonyl (C=O) groups excluding carboxylic acids is 1. The molecule has 0 spiro atoms. The monoisotopic (exact) mass is 384 g/mol. The molecule has 1 aliphatic heterocycles. The van der Waals surface area contributed by atoms with Crippen molar-refractivity contribution in [1.82, 2.24) is 20.2 Å². The van der Waals surface area contributed by atoms with Crippen LogP contribution in [0.2, 0.25) is 0 Å². The molecule has 3 N–H and O–H groups in total. The molecule has 1 aliphatic carbocycles. The number of imidazole rings is 1. The van der Waals surface area contributed by atoms with Gasteiger partial charge in [0.1, 0.15) is 5.82 Å². The number of nitrogens with one attached hydrogen (secondary N) is 2. The lowest BCUT2D eigenvalue weighted by molar-refractivity contribution is -0.136. The van der Waals surface area contributed by atoms with Crippen molar-refractivity contribution in [3.05, 3.63) is 29.6 Å². The van der Waals surface area contributed by atoms with Gasteiger partial charge < -0.3 is 20.3 Å². The number of piperidine rings is 1. The first kappa shape index (κ1) is 18.9. The number of carbonyl (C=O) groups is 2. The average molecular weight is 384 g/mol. The van der Waals surface area contributed by atoms with Gasteiger partial charge in [0.25, 0.3) is 5.91 Å². The number of aromatic nitrogens is 2. The maximum absolute atomic E-state index is 12.3. The number of aryl methyl sites for hydroxylation is 1. The Morgan fingerprint density at radius 3 is 2.71 bits per heavy atom. The van der Waals surface area contributed by atoms with Gasteiger partial charge in [-0.25, -0.2) is 4.98 Å². The molecule has 2 fully saturated rings. The summed E-state index contributed by atoms with van der Waals surface area (Å²) in [4.78, 5) is 27.8. The summed E-state index contributed by atoms with van der Waals surface area (Å²) in [7, 11) is 0. The summed E-state index contributed by atoms with van der Waals surface area (Å²) < 4.78 is 2.38. The topological polar surface area (TPSA) is 96.2 Å². The first-order valence-electron chi connectivity index (χ1n) is 10.3. The zero-order chi connectivity index (χ0) is 19.5. The molecule has 1 amide bonds. The van der Waals surface area contributed by atoms with Crippen LogP contribution in [0.1, 0.15) is 60.7 Å². The molecule has 0 bridgehead atoms. The van der Waals surface area contributed by atoms with Crippen LogP contribution >= 0.6 is 0 Å². The van der Waals surface area contributed by atoms with Crippen molar-refractivity contribution in [2.24, 2.45) is 5.92 Å². The van der Waals surface area contributed by atoms with Crippen LogP contribution in [-0.2, 0) is 11.2 Å². The molecular weight excluding hydrogens is 356 g/mol. The molecule has 0 unspecified atom stereocenters. The first-order valence-corrected chi connectivity index (χ1v) is 10.3. The van der Waals surface area contributed by atoms with E-state index in [2.05, 4.69) is 15.2 Å². The molecule has 2 heterocycles. The Balaban J connectivity index is 1.50. The quantitative estimate of drug-likeness (QED) is 0.650. The van der Waals surface area contributed by atoms with E-state index in [1.165, 1.54) is 32.1 Å². The number of amides is 1. The van der Waals surface area contributed by atoms with Gasteiger partial charge in [0, 0.05) is 24.6 Å². The minimum Gasteiger partial charge on any atom is -0.481 e. The standard InChI is InChI=1S/C21H28N4O3/c26-20(27)9-12-23-21(28)15-2-5-18-17(13-15)24-19(25(18)16-3-4-16)6-1-14-7-10-22-11-8-14/h2,5,13-14,16,22H,1,3-4,6-12H2,(H,23,28)(H,26,27). The Morgan fingerprint density at radius 2 is 2.00 bits per heavy atom. The highest BCUT2D eigenvalue weighted by Gasteiger charge is 2.28. The third-order valence-corrected chi connectivity index (χ3v) is 5.80. The fourth-order valence-corrected chi connectivity index (χ4v) is 4.10. The number of hydrogen-bond donors (Lipinski definition) is 3. The van der Waals surface area contributed by atoms with Crippen molar-refractivity contribution in [3.63, 3.8) is 0 Å². The number of fused-ring (bicyclic) bond motifs is 1. The SMILES string of the molecule is O=C(O)CCNC(=O)c1ccc2c(c1)nc(CCC1CCNCC1)n2C1CC1. The van der Waals surface area contributed by atoms with Gasteiger partial charge in [0.2, 0.25) is 0 Å². The van der Waals surface area contributed by atoms with E-state index < -0.39 is 5.97 Å². The Bertz CT molecular complexity index is 866. The lowest BCUT2D eigenvalue weighted by Crippen LogP contribution is -2.28. The van der Waals surface area contributed by atoms with E-state index in [1.807, 2.05) is 18.2 Å². The number of carboxylic acids is 1. The second-order valence-electron chi connectivity index (χ2n) is 7.96. The van der Waals surface area contributed by atoms with Crippen LogP contribution in [0.4, 0.5) is 0 Å². The molecule has 2 aromatic rings. The largest absolute Gasteiger partial charge is 0.481 e. The van der Waals surface area contributed by atoms with Gasteiger partial charge in [-0.3, -0.25) is 9.59 Å². The summed E-state index contributed by atoms with van der Waals surface area (Å²) in [6.07, 6.45) is 6.95. The minimum absolute atomic E-state index is 0.0782. The number of benzene rings is 1. The van der Waals surface area contributed by atoms with Crippen LogP contribution in [-0.4, -0.2) is 46.2 Å². The molecule has 4 rings (SSSR count). The van der Waals surface area contributed by atoms with Crippen molar-refractivity contribution in [2.45, 2.75) is 51.0 Å². The number of nitrogens with zero attached hydrogens (tertiary/aromatic N) is 2. The molecule has 150 valence electrons. The molecule has 0 atom stereocenters. The van der Waals surface area contributed by atoms with E-state index in [0.717, 1.165) is 42.3 Å². The van der Waals surface area contributed by atoms with Gasteiger partial charge >= 0.3 is 5.97 Å². The predicted molar refractivity (Wildman–Crippen MR) is 107 cm³/mol. The number of rotatable bonds is 8. The summed E-state index contributed by atoms with van der Waals surface area (Å²) in [6.45, 7) is 2.36. The van der Waals surface area contributed by atoms with Crippen molar-refractivity contribution < 1.29 is 14.7 Å². The zero-order valence-corrected chi connectivity index (χ0v) is 16.1. The van der Waals surface area contributed by atoms with Crippen LogP contribution in [0.25, 0.3) is 11.0 Å². The van der Waals surface area contributed by atoms with E-state index in [1.54, 1.807) is 0 Å². The molecule has 1 aromatic carbocycles. The van der Waals surface area contributed by atoms with Gasteiger partial charge in [-0.2, -0.15) is 0 Å². The van der Waals surface area contributed by atoms with Crippen LogP contribution in [0.15, 0.2) is 18.2 Å². The number of hydrogen-bond acceptors (Lipinski definition) is 4. The summed E-state index contributed by atoms with van der Waals surface area (Å²) in [6, 6.07) is 6.18. The second-order valence-corrected chi connectivity index (χ2v) is 7.96. The highest BCUT2D eigenvalue weighted by molar-refractivity contribution is 5.97. The van der Waals surface area contributed by atoms with Gasteiger partial charge in [-0.15, -0.1) is 0 Å². The maximum atomic E-state index is 12.3. The van der Waals surface area contributed by atoms with Gasteiger partial charge in [-0.05, 0) is 69.3 Å². The van der Waals surface area contributed by atoms with Crippen molar-refractivity contribution >= 4 is 22.9 Å². The second kappa shape index (κ2) is 8.31. The average Bonchev–Trinajstić information content (AvgIpc) is 3.46. The van der Waals surface area contributed by atoms with Crippen molar-refractivity contribution in [1.29, 1.82) is 0 Å². The molecule has 0 radical (unpaired) electrons. The van der Waals surface area contributed by atoms with Gasteiger partial charge in [0.05, 0.1) is 17.5 Å². The van der Waals surface area contributed by atoms with Crippen LogP contribution in [0, 0.1) is 5.92 Å². The van der Waals surface area contributed by atoms with Crippen LogP contribution < -0.4 is 10.6 Å². The summed E-state index contributed by atoms with van der Waals surface area (Å²) in [5.74, 6) is 0.737. The highest BCUT2D eigenvalue weighted by atomic mass is 16.4. The first-order chi connectivity index (χ1) is 13.6. The number of carboxylic acid groups (broad SMARTS) is 1. The lowest BCUT2D eigenvalue weighted by Gasteiger charge is -2.22. The van der Waals surface area contributed by atoms with Crippen molar-refractivity contribution in [3.8, 4) is 0 Å². The summed E-state index contributed by atoms with van der Waals surface area (Å²) >= 11 is 0. The van der Waals surface area contributed by atoms with Crippen LogP contribution in [0.3, 0.4) is 0 Å². The third-order valence-electron chi connectivity index (χ3n) is 5.80. The van der Waals surface area contributed by atoms with E-state index >= 15 is 0 Å². The van der Waals surface area contributed by atoms with Crippen LogP contribution in [0.5, 0.6) is 0 Å². The highest BCUT2D eigenvalue weighted by Crippen LogP contribution is 2.39. The molecule has 1 aromatic heterocycles. The van der Waals surface area contributed by atoms with E-state index in [-0.39, 0.29) is 18.9 Å². The maximum Gasteiger partial charge on any atom is 0.305 e. The van der Waals surface area contributed by atoms with E-state index in [4.69, 9.17) is 10.1 Å². The summed E-state index contributed by atoms with van der Waals surface area (Å²) in [5, 5.41) is 14.8.